The zero-order chi connectivity index (χ0) is 15.0. The van der Waals surface area contributed by atoms with Crippen LogP contribution in [0.5, 0.6) is 0 Å². The van der Waals surface area contributed by atoms with Gasteiger partial charge in [-0.3, -0.25) is 0 Å². The summed E-state index contributed by atoms with van der Waals surface area (Å²) in [6.07, 6.45) is 5.87. The minimum absolute atomic E-state index is 0.601. The van der Waals surface area contributed by atoms with E-state index in [9.17, 15) is 0 Å². The quantitative estimate of drug-likeness (QED) is 0.670. The fourth-order valence-electron chi connectivity index (χ4n) is 2.27. The van der Waals surface area contributed by atoms with Crippen LogP contribution in [0.1, 0.15) is 64.9 Å². The van der Waals surface area contributed by atoms with Crippen molar-refractivity contribution in [1.29, 1.82) is 0 Å². The first-order valence-corrected chi connectivity index (χ1v) is 8.16. The molecule has 0 aromatic carbocycles. The molecule has 0 aliphatic heterocycles. The summed E-state index contributed by atoms with van der Waals surface area (Å²) in [5, 5.41) is 0. The monoisotopic (exact) mass is 277 g/mol. The molecular formula is C17H31N3. The molecule has 0 spiro atoms. The first kappa shape index (κ1) is 16.9. The van der Waals surface area contributed by atoms with E-state index in [0.717, 1.165) is 36.8 Å². The molecule has 1 rings (SSSR count). The average molecular weight is 277 g/mol. The van der Waals surface area contributed by atoms with Crippen molar-refractivity contribution in [2.45, 2.75) is 66.7 Å². The van der Waals surface area contributed by atoms with Crippen LogP contribution in [0.15, 0.2) is 6.07 Å². The van der Waals surface area contributed by atoms with Gasteiger partial charge in [0.2, 0.25) is 0 Å². The van der Waals surface area contributed by atoms with Crippen LogP contribution in [0.3, 0.4) is 0 Å². The molecule has 0 atom stereocenters. The number of rotatable bonds is 9. The zero-order valence-electron chi connectivity index (χ0n) is 13.9. The second-order valence-electron chi connectivity index (χ2n) is 6.08. The first-order chi connectivity index (χ1) is 9.56. The van der Waals surface area contributed by atoms with E-state index in [2.05, 4.69) is 50.6 Å². The van der Waals surface area contributed by atoms with Crippen molar-refractivity contribution >= 4 is 5.82 Å². The van der Waals surface area contributed by atoms with E-state index in [4.69, 9.17) is 4.98 Å². The Bertz CT molecular complexity index is 380. The van der Waals surface area contributed by atoms with Gasteiger partial charge in [0.25, 0.3) is 0 Å². The molecule has 0 aliphatic carbocycles. The highest BCUT2D eigenvalue weighted by Crippen LogP contribution is 2.16. The fourth-order valence-corrected chi connectivity index (χ4v) is 2.27. The topological polar surface area (TPSA) is 29.0 Å². The van der Waals surface area contributed by atoms with Crippen molar-refractivity contribution in [3.8, 4) is 0 Å². The maximum atomic E-state index is 4.79. The third kappa shape index (κ3) is 5.89. The SMILES string of the molecule is CCCCN(CCCC)c1cc(C)nc(CC(C)C)n1. The van der Waals surface area contributed by atoms with Crippen molar-refractivity contribution in [2.24, 2.45) is 5.92 Å². The Balaban J connectivity index is 2.89. The van der Waals surface area contributed by atoms with Gasteiger partial charge < -0.3 is 4.90 Å². The van der Waals surface area contributed by atoms with Crippen LogP contribution in [0.2, 0.25) is 0 Å². The Morgan fingerprint density at radius 3 is 2.15 bits per heavy atom. The van der Waals surface area contributed by atoms with E-state index in [1.54, 1.807) is 0 Å². The summed E-state index contributed by atoms with van der Waals surface area (Å²) in [5.74, 6) is 2.72. The van der Waals surface area contributed by atoms with Crippen molar-refractivity contribution < 1.29 is 0 Å². The molecule has 1 heterocycles. The number of aryl methyl sites for hydroxylation is 1. The maximum Gasteiger partial charge on any atom is 0.132 e. The Morgan fingerprint density at radius 2 is 1.65 bits per heavy atom. The van der Waals surface area contributed by atoms with Gasteiger partial charge >= 0.3 is 0 Å². The second kappa shape index (κ2) is 8.93. The summed E-state index contributed by atoms with van der Waals surface area (Å²) >= 11 is 0. The molecular weight excluding hydrogens is 246 g/mol. The summed E-state index contributed by atoms with van der Waals surface area (Å²) in [7, 11) is 0. The van der Waals surface area contributed by atoms with E-state index < -0.39 is 0 Å². The molecule has 3 heteroatoms. The Hall–Kier alpha value is -1.12. The molecule has 0 amide bonds. The van der Waals surface area contributed by atoms with Crippen molar-refractivity contribution in [1.82, 2.24) is 9.97 Å². The van der Waals surface area contributed by atoms with E-state index in [0.29, 0.717) is 5.92 Å². The van der Waals surface area contributed by atoms with Gasteiger partial charge in [-0.25, -0.2) is 9.97 Å². The Morgan fingerprint density at radius 1 is 1.05 bits per heavy atom. The van der Waals surface area contributed by atoms with Gasteiger partial charge in [0, 0.05) is 31.3 Å². The van der Waals surface area contributed by atoms with Gasteiger partial charge in [-0.1, -0.05) is 40.5 Å². The zero-order valence-corrected chi connectivity index (χ0v) is 13.9. The average Bonchev–Trinajstić information content (AvgIpc) is 2.37. The molecule has 0 bridgehead atoms. The number of hydrogen-bond acceptors (Lipinski definition) is 3. The van der Waals surface area contributed by atoms with Gasteiger partial charge in [-0.2, -0.15) is 0 Å². The molecule has 1 aromatic rings. The number of aromatic nitrogens is 2. The van der Waals surface area contributed by atoms with Crippen molar-refractivity contribution in [3.05, 3.63) is 17.6 Å². The van der Waals surface area contributed by atoms with Crippen molar-refractivity contribution in [3.63, 3.8) is 0 Å². The van der Waals surface area contributed by atoms with Crippen LogP contribution in [0.4, 0.5) is 5.82 Å². The van der Waals surface area contributed by atoms with E-state index >= 15 is 0 Å². The van der Waals surface area contributed by atoms with Gasteiger partial charge in [-0.15, -0.1) is 0 Å². The highest BCUT2D eigenvalue weighted by atomic mass is 15.2. The molecule has 0 unspecified atom stereocenters. The molecule has 3 nitrogen and oxygen atoms in total. The van der Waals surface area contributed by atoms with Crippen LogP contribution >= 0.6 is 0 Å². The lowest BCUT2D eigenvalue weighted by Gasteiger charge is -2.24. The molecule has 0 fully saturated rings. The number of hydrogen-bond donors (Lipinski definition) is 0. The summed E-state index contributed by atoms with van der Waals surface area (Å²) in [4.78, 5) is 11.8. The molecule has 1 aromatic heterocycles. The highest BCUT2D eigenvalue weighted by Gasteiger charge is 2.11. The van der Waals surface area contributed by atoms with E-state index in [-0.39, 0.29) is 0 Å². The van der Waals surface area contributed by atoms with Crippen LogP contribution in [0.25, 0.3) is 0 Å². The minimum atomic E-state index is 0.601. The summed E-state index contributed by atoms with van der Waals surface area (Å²) in [5.41, 5.74) is 1.09. The molecule has 114 valence electrons. The fraction of sp³-hybridized carbons (Fsp3) is 0.765. The van der Waals surface area contributed by atoms with E-state index in [1.807, 2.05) is 0 Å². The molecule has 0 radical (unpaired) electrons. The van der Waals surface area contributed by atoms with Gasteiger partial charge in [-0.05, 0) is 25.7 Å². The van der Waals surface area contributed by atoms with Gasteiger partial charge in [0.1, 0.15) is 11.6 Å². The molecule has 0 saturated heterocycles. The summed E-state index contributed by atoms with van der Waals surface area (Å²) in [6.45, 7) is 13.2. The largest absolute Gasteiger partial charge is 0.357 e. The van der Waals surface area contributed by atoms with Crippen LogP contribution in [0, 0.1) is 12.8 Å². The number of nitrogens with zero attached hydrogens (tertiary/aromatic N) is 3. The summed E-state index contributed by atoms with van der Waals surface area (Å²) < 4.78 is 0. The third-order valence-corrected chi connectivity index (χ3v) is 3.36. The highest BCUT2D eigenvalue weighted by molar-refractivity contribution is 5.39. The van der Waals surface area contributed by atoms with E-state index in [1.165, 1.54) is 25.7 Å². The third-order valence-electron chi connectivity index (χ3n) is 3.36. The predicted octanol–water partition coefficient (Wildman–Crippen LogP) is 4.39. The molecule has 0 aliphatic rings. The van der Waals surface area contributed by atoms with Crippen molar-refractivity contribution in [2.75, 3.05) is 18.0 Å². The predicted molar refractivity (Wildman–Crippen MR) is 87.3 cm³/mol. The van der Waals surface area contributed by atoms with Crippen LogP contribution < -0.4 is 4.90 Å². The number of unbranched alkanes of at least 4 members (excludes halogenated alkanes) is 2. The summed E-state index contributed by atoms with van der Waals surface area (Å²) in [6, 6.07) is 2.13. The van der Waals surface area contributed by atoms with Gasteiger partial charge in [0.15, 0.2) is 0 Å². The normalized spacial score (nSPS) is 11.1. The Labute approximate surface area is 124 Å². The maximum absolute atomic E-state index is 4.79. The van der Waals surface area contributed by atoms with Crippen LogP contribution in [-0.2, 0) is 6.42 Å². The van der Waals surface area contributed by atoms with Gasteiger partial charge in [0.05, 0.1) is 0 Å². The second-order valence-corrected chi connectivity index (χ2v) is 6.08. The standard InChI is InChI=1S/C17H31N3/c1-6-8-10-20(11-9-7-2)17-13-15(5)18-16(19-17)12-14(3)4/h13-14H,6-12H2,1-5H3. The van der Waals surface area contributed by atoms with Crippen LogP contribution in [-0.4, -0.2) is 23.1 Å². The molecule has 0 N–H and O–H groups in total. The minimum Gasteiger partial charge on any atom is -0.357 e. The smallest absolute Gasteiger partial charge is 0.132 e. The lowest BCUT2D eigenvalue weighted by Crippen LogP contribution is -2.27. The number of anilines is 1. The Kier molecular flexibility index (Phi) is 7.56. The first-order valence-electron chi connectivity index (χ1n) is 8.16. The lowest BCUT2D eigenvalue weighted by atomic mass is 10.1. The molecule has 20 heavy (non-hydrogen) atoms. The molecule has 0 saturated carbocycles. The lowest BCUT2D eigenvalue weighted by molar-refractivity contribution is 0.613.